The van der Waals surface area contributed by atoms with E-state index in [1.165, 1.54) is 17.0 Å². The fraction of sp³-hybridized carbons (Fsp3) is 0.238. The summed E-state index contributed by atoms with van der Waals surface area (Å²) in [5.74, 6) is -1.26. The Morgan fingerprint density at radius 2 is 1.71 bits per heavy atom. The number of hydrogen-bond acceptors (Lipinski definition) is 6. The summed E-state index contributed by atoms with van der Waals surface area (Å²) < 4.78 is 5.38. The molecular weight excluding hydrogens is 362 g/mol. The molecule has 0 radical (unpaired) electrons. The zero-order valence-electron chi connectivity index (χ0n) is 15.3. The summed E-state index contributed by atoms with van der Waals surface area (Å²) in [4.78, 5) is 26.4. The average molecular weight is 383 g/mol. The number of likely N-dealkylation sites (tertiary alicyclic amines) is 1. The fourth-order valence-corrected chi connectivity index (χ4v) is 3.25. The summed E-state index contributed by atoms with van der Waals surface area (Å²) in [6.07, 6.45) is 0. The highest BCUT2D eigenvalue weighted by atomic mass is 16.5. The Hall–Kier alpha value is -3.32. The Balaban J connectivity index is 2.10. The molecule has 1 amide bonds. The van der Waals surface area contributed by atoms with Crippen molar-refractivity contribution >= 4 is 17.4 Å². The molecule has 0 saturated carbocycles. The van der Waals surface area contributed by atoms with Crippen molar-refractivity contribution in [3.8, 4) is 11.5 Å². The monoisotopic (exact) mass is 383 g/mol. The first-order chi connectivity index (χ1) is 13.5. The number of ketones is 1. The van der Waals surface area contributed by atoms with Crippen LogP contribution in [-0.4, -0.2) is 51.7 Å². The number of nitrogens with zero attached hydrogens (tertiary/aromatic N) is 1. The van der Waals surface area contributed by atoms with Crippen molar-refractivity contribution in [2.45, 2.75) is 13.0 Å². The standard InChI is InChI=1S/C21H21NO6/c1-2-28-16-9-5-14(6-10-16)19(25)17-18(13-3-7-15(24)8-4-13)22(11-12-23)21(27)20(17)26/h3-10,18,23-25H,2,11-12H2,1H3/b19-17-. The molecule has 1 fully saturated rings. The minimum atomic E-state index is -0.862. The number of aromatic hydroxyl groups is 1. The summed E-state index contributed by atoms with van der Waals surface area (Å²) in [6.45, 7) is 1.97. The second-order valence-corrected chi connectivity index (χ2v) is 6.27. The van der Waals surface area contributed by atoms with E-state index in [1.807, 2.05) is 6.92 Å². The summed E-state index contributed by atoms with van der Waals surface area (Å²) in [6, 6.07) is 11.7. The summed E-state index contributed by atoms with van der Waals surface area (Å²) in [7, 11) is 0. The Morgan fingerprint density at radius 1 is 1.07 bits per heavy atom. The van der Waals surface area contributed by atoms with Crippen LogP contribution < -0.4 is 4.74 Å². The lowest BCUT2D eigenvalue weighted by molar-refractivity contribution is -0.140. The first kappa shape index (κ1) is 19.4. The van der Waals surface area contributed by atoms with Crippen molar-refractivity contribution in [3.63, 3.8) is 0 Å². The van der Waals surface area contributed by atoms with Crippen LogP contribution in [-0.2, 0) is 9.59 Å². The number of Topliss-reactive ketones (excluding diaryl/α,β-unsaturated/α-hetero) is 1. The van der Waals surface area contributed by atoms with E-state index in [1.54, 1.807) is 36.4 Å². The van der Waals surface area contributed by atoms with E-state index in [9.17, 15) is 24.9 Å². The van der Waals surface area contributed by atoms with Crippen molar-refractivity contribution in [2.24, 2.45) is 0 Å². The van der Waals surface area contributed by atoms with E-state index < -0.39 is 17.7 Å². The molecule has 1 unspecified atom stereocenters. The number of aliphatic hydroxyl groups excluding tert-OH is 2. The van der Waals surface area contributed by atoms with Crippen molar-refractivity contribution in [1.29, 1.82) is 0 Å². The van der Waals surface area contributed by atoms with Gasteiger partial charge in [-0.25, -0.2) is 0 Å². The zero-order chi connectivity index (χ0) is 20.3. The molecule has 3 rings (SSSR count). The fourth-order valence-electron chi connectivity index (χ4n) is 3.25. The van der Waals surface area contributed by atoms with Crippen LogP contribution in [0.25, 0.3) is 5.76 Å². The second-order valence-electron chi connectivity index (χ2n) is 6.27. The summed E-state index contributed by atoms with van der Waals surface area (Å²) in [5.41, 5.74) is 0.848. The molecule has 0 bridgehead atoms. The van der Waals surface area contributed by atoms with Gasteiger partial charge in [0, 0.05) is 12.1 Å². The number of rotatable bonds is 6. The van der Waals surface area contributed by atoms with Gasteiger partial charge in [0.2, 0.25) is 0 Å². The van der Waals surface area contributed by atoms with Gasteiger partial charge in [-0.2, -0.15) is 0 Å². The van der Waals surface area contributed by atoms with Crippen LogP contribution in [0.1, 0.15) is 24.1 Å². The smallest absolute Gasteiger partial charge is 0.295 e. The number of benzene rings is 2. The van der Waals surface area contributed by atoms with Crippen LogP contribution in [0.15, 0.2) is 54.1 Å². The highest BCUT2D eigenvalue weighted by molar-refractivity contribution is 6.46. The minimum absolute atomic E-state index is 0.0365. The summed E-state index contributed by atoms with van der Waals surface area (Å²) in [5, 5.41) is 29.7. The van der Waals surface area contributed by atoms with Crippen LogP contribution in [0.5, 0.6) is 11.5 Å². The molecule has 1 saturated heterocycles. The third-order valence-corrected chi connectivity index (χ3v) is 4.53. The van der Waals surface area contributed by atoms with Crippen LogP contribution in [0.4, 0.5) is 0 Å². The topological polar surface area (TPSA) is 107 Å². The number of aliphatic hydroxyl groups is 2. The quantitative estimate of drug-likeness (QED) is 0.401. The number of carbonyl (C=O) groups excluding carboxylic acids is 2. The lowest BCUT2D eigenvalue weighted by Crippen LogP contribution is -2.32. The van der Waals surface area contributed by atoms with E-state index in [0.29, 0.717) is 23.5 Å². The van der Waals surface area contributed by atoms with Crippen molar-refractivity contribution in [1.82, 2.24) is 4.90 Å². The Labute approximate surface area is 162 Å². The van der Waals surface area contributed by atoms with E-state index in [0.717, 1.165) is 0 Å². The molecule has 2 aromatic carbocycles. The lowest BCUT2D eigenvalue weighted by Gasteiger charge is -2.24. The number of amides is 1. The van der Waals surface area contributed by atoms with Gasteiger partial charge in [-0.15, -0.1) is 0 Å². The molecule has 0 aliphatic carbocycles. The number of phenolic OH excluding ortho intramolecular Hbond substituents is 1. The van der Waals surface area contributed by atoms with E-state index in [4.69, 9.17) is 4.74 Å². The Kier molecular flexibility index (Phi) is 5.65. The SMILES string of the molecule is CCOc1ccc(/C(O)=C2/C(=O)C(=O)N(CCO)C2c2ccc(O)cc2)cc1. The van der Waals surface area contributed by atoms with Gasteiger partial charge >= 0.3 is 0 Å². The van der Waals surface area contributed by atoms with E-state index in [2.05, 4.69) is 0 Å². The van der Waals surface area contributed by atoms with Crippen LogP contribution in [0, 0.1) is 0 Å². The second kappa shape index (κ2) is 8.14. The first-order valence-corrected chi connectivity index (χ1v) is 8.89. The molecule has 1 heterocycles. The average Bonchev–Trinajstić information content (AvgIpc) is 2.94. The van der Waals surface area contributed by atoms with Gasteiger partial charge in [0.25, 0.3) is 11.7 Å². The maximum absolute atomic E-state index is 12.7. The van der Waals surface area contributed by atoms with Gasteiger partial charge < -0.3 is 25.0 Å². The molecule has 7 nitrogen and oxygen atoms in total. The maximum atomic E-state index is 12.7. The number of β-amino-alcohol motifs (C(OH)–C–C–N with tert-alkyl or cyclic N) is 1. The zero-order valence-corrected chi connectivity index (χ0v) is 15.3. The van der Waals surface area contributed by atoms with Gasteiger partial charge in [0.1, 0.15) is 17.3 Å². The minimum Gasteiger partial charge on any atom is -0.508 e. The number of carbonyl (C=O) groups is 2. The highest BCUT2D eigenvalue weighted by Crippen LogP contribution is 2.39. The molecule has 28 heavy (non-hydrogen) atoms. The number of hydrogen-bond donors (Lipinski definition) is 3. The number of phenols is 1. The summed E-state index contributed by atoms with van der Waals surface area (Å²) >= 11 is 0. The molecular formula is C21H21NO6. The van der Waals surface area contributed by atoms with Crippen LogP contribution in [0.3, 0.4) is 0 Å². The molecule has 1 aliphatic heterocycles. The third-order valence-electron chi connectivity index (χ3n) is 4.53. The molecule has 1 aliphatic rings. The van der Waals surface area contributed by atoms with Gasteiger partial charge in [-0.1, -0.05) is 12.1 Å². The van der Waals surface area contributed by atoms with Crippen LogP contribution in [0.2, 0.25) is 0 Å². The molecule has 146 valence electrons. The van der Waals surface area contributed by atoms with Crippen molar-refractivity contribution in [3.05, 3.63) is 65.2 Å². The largest absolute Gasteiger partial charge is 0.508 e. The Morgan fingerprint density at radius 3 is 2.29 bits per heavy atom. The van der Waals surface area contributed by atoms with E-state index >= 15 is 0 Å². The lowest BCUT2D eigenvalue weighted by atomic mass is 9.95. The third kappa shape index (κ3) is 3.57. The van der Waals surface area contributed by atoms with Gasteiger partial charge in [-0.05, 0) is 48.9 Å². The van der Waals surface area contributed by atoms with Crippen LogP contribution >= 0.6 is 0 Å². The normalized spacial score (nSPS) is 18.5. The molecule has 0 spiro atoms. The molecule has 7 heteroatoms. The first-order valence-electron chi connectivity index (χ1n) is 8.89. The highest BCUT2D eigenvalue weighted by Gasteiger charge is 2.45. The van der Waals surface area contributed by atoms with Crippen molar-refractivity contribution < 1.29 is 29.6 Å². The number of ether oxygens (including phenoxy) is 1. The predicted molar refractivity (Wildman–Crippen MR) is 102 cm³/mol. The predicted octanol–water partition coefficient (Wildman–Crippen LogP) is 2.20. The Bertz CT molecular complexity index is 901. The maximum Gasteiger partial charge on any atom is 0.295 e. The molecule has 3 N–H and O–H groups in total. The molecule has 2 aromatic rings. The van der Waals surface area contributed by atoms with Crippen molar-refractivity contribution in [2.75, 3.05) is 19.8 Å². The molecule has 0 aromatic heterocycles. The van der Waals surface area contributed by atoms with Gasteiger partial charge in [0.05, 0.1) is 24.8 Å². The van der Waals surface area contributed by atoms with Gasteiger partial charge in [0.15, 0.2) is 0 Å². The van der Waals surface area contributed by atoms with Gasteiger partial charge in [-0.3, -0.25) is 9.59 Å². The molecule has 1 atom stereocenters. The van der Waals surface area contributed by atoms with E-state index in [-0.39, 0.29) is 30.2 Å².